The summed E-state index contributed by atoms with van der Waals surface area (Å²) in [6.07, 6.45) is -3.49. The summed E-state index contributed by atoms with van der Waals surface area (Å²) in [7, 11) is 0. The van der Waals surface area contributed by atoms with Crippen molar-refractivity contribution in [2.24, 2.45) is 0 Å². The Hall–Kier alpha value is -3.50. The average Bonchev–Trinajstić information content (AvgIpc) is 3.31. The summed E-state index contributed by atoms with van der Waals surface area (Å²) >= 11 is 0. The molecule has 3 heterocycles. The van der Waals surface area contributed by atoms with Gasteiger partial charge in [-0.15, -0.1) is 0 Å². The van der Waals surface area contributed by atoms with Gasteiger partial charge in [-0.2, -0.15) is 32.8 Å². The minimum atomic E-state index is -4.61. The summed E-state index contributed by atoms with van der Waals surface area (Å²) < 4.78 is 45.6. The molecule has 0 saturated carbocycles. The van der Waals surface area contributed by atoms with Gasteiger partial charge in [-0.25, -0.2) is 4.98 Å². The number of aromatic nitrogens is 6. The first-order valence-corrected chi connectivity index (χ1v) is 7.85. The SMILES string of the molecule is CC(Nc1cc(C(F)(F)F)nc2ncnn12)c1noc(-c2ccccc2)n1. The third-order valence-corrected chi connectivity index (χ3v) is 3.76. The van der Waals surface area contributed by atoms with E-state index in [4.69, 9.17) is 4.52 Å². The van der Waals surface area contributed by atoms with E-state index in [1.165, 1.54) is 4.52 Å². The molecule has 1 N–H and O–H groups in total. The van der Waals surface area contributed by atoms with Gasteiger partial charge in [0.1, 0.15) is 12.1 Å². The Morgan fingerprint density at radius 1 is 1.15 bits per heavy atom. The molecule has 0 bridgehead atoms. The first-order valence-electron chi connectivity index (χ1n) is 7.85. The van der Waals surface area contributed by atoms with E-state index in [0.717, 1.165) is 18.0 Å². The van der Waals surface area contributed by atoms with Crippen LogP contribution in [-0.4, -0.2) is 29.7 Å². The van der Waals surface area contributed by atoms with Crippen LogP contribution in [0.25, 0.3) is 17.2 Å². The number of alkyl halides is 3. The molecule has 4 aromatic rings. The predicted octanol–water partition coefficient (Wildman–Crippen LogP) is 3.37. The van der Waals surface area contributed by atoms with Crippen molar-refractivity contribution in [3.05, 3.63) is 54.2 Å². The van der Waals surface area contributed by atoms with Crippen LogP contribution in [0.15, 0.2) is 47.2 Å². The monoisotopic (exact) mass is 375 g/mol. The Morgan fingerprint density at radius 3 is 2.67 bits per heavy atom. The maximum Gasteiger partial charge on any atom is 0.433 e. The normalized spacial score (nSPS) is 13.0. The van der Waals surface area contributed by atoms with Crippen LogP contribution in [0.3, 0.4) is 0 Å². The van der Waals surface area contributed by atoms with Crippen molar-refractivity contribution in [3.8, 4) is 11.5 Å². The second-order valence-corrected chi connectivity index (χ2v) is 5.69. The van der Waals surface area contributed by atoms with Gasteiger partial charge in [-0.05, 0) is 19.1 Å². The fraction of sp³-hybridized carbons (Fsp3) is 0.188. The molecule has 0 amide bonds. The van der Waals surface area contributed by atoms with Crippen molar-refractivity contribution in [3.63, 3.8) is 0 Å². The minimum absolute atomic E-state index is 0.0587. The van der Waals surface area contributed by atoms with E-state index >= 15 is 0 Å². The van der Waals surface area contributed by atoms with Gasteiger partial charge in [-0.3, -0.25) is 0 Å². The highest BCUT2D eigenvalue weighted by atomic mass is 19.4. The van der Waals surface area contributed by atoms with Gasteiger partial charge in [0.2, 0.25) is 0 Å². The molecule has 0 aliphatic carbocycles. The molecule has 0 aliphatic rings. The number of fused-ring (bicyclic) bond motifs is 1. The number of nitrogens with zero attached hydrogens (tertiary/aromatic N) is 6. The second kappa shape index (κ2) is 6.34. The van der Waals surface area contributed by atoms with Gasteiger partial charge in [0.15, 0.2) is 11.5 Å². The van der Waals surface area contributed by atoms with Gasteiger partial charge < -0.3 is 9.84 Å². The summed E-state index contributed by atoms with van der Waals surface area (Å²) in [4.78, 5) is 11.5. The van der Waals surface area contributed by atoms with E-state index in [9.17, 15) is 13.2 Å². The van der Waals surface area contributed by atoms with Crippen LogP contribution < -0.4 is 5.32 Å². The first kappa shape index (κ1) is 16.9. The summed E-state index contributed by atoms with van der Waals surface area (Å²) in [6.45, 7) is 1.69. The highest BCUT2D eigenvalue weighted by molar-refractivity contribution is 5.52. The lowest BCUT2D eigenvalue weighted by atomic mass is 10.2. The molecular formula is C16H12F3N7O. The topological polar surface area (TPSA) is 94.0 Å². The molecule has 0 spiro atoms. The van der Waals surface area contributed by atoms with Gasteiger partial charge in [0.25, 0.3) is 11.7 Å². The minimum Gasteiger partial charge on any atom is -0.360 e. The van der Waals surface area contributed by atoms with Crippen LogP contribution in [0.5, 0.6) is 0 Å². The van der Waals surface area contributed by atoms with Crippen LogP contribution in [-0.2, 0) is 6.18 Å². The smallest absolute Gasteiger partial charge is 0.360 e. The largest absolute Gasteiger partial charge is 0.433 e. The third-order valence-electron chi connectivity index (χ3n) is 3.76. The number of anilines is 1. The molecule has 8 nitrogen and oxygen atoms in total. The molecule has 0 aliphatic heterocycles. The van der Waals surface area contributed by atoms with Crippen LogP contribution in [0.4, 0.5) is 19.0 Å². The van der Waals surface area contributed by atoms with E-state index in [1.807, 2.05) is 30.3 Å². The second-order valence-electron chi connectivity index (χ2n) is 5.69. The van der Waals surface area contributed by atoms with E-state index in [-0.39, 0.29) is 17.4 Å². The van der Waals surface area contributed by atoms with Crippen LogP contribution in [0, 0.1) is 0 Å². The standard InChI is InChI=1S/C16H12F3N7O/c1-9(13-24-14(27-25-13)10-5-3-2-4-6-10)22-12-7-11(16(17,18)19)23-15-20-8-21-26(12)15/h2-9,22H,1H3. The Bertz CT molecular complexity index is 1070. The summed E-state index contributed by atoms with van der Waals surface area (Å²) in [5.41, 5.74) is -0.332. The molecule has 0 saturated heterocycles. The molecule has 0 fully saturated rings. The summed E-state index contributed by atoms with van der Waals surface area (Å²) in [5, 5.41) is 10.7. The van der Waals surface area contributed by atoms with Crippen molar-refractivity contribution in [2.45, 2.75) is 19.1 Å². The van der Waals surface area contributed by atoms with Gasteiger partial charge in [0.05, 0.1) is 6.04 Å². The molecule has 1 aromatic carbocycles. The quantitative estimate of drug-likeness (QED) is 0.584. The average molecular weight is 375 g/mol. The number of hydrogen-bond acceptors (Lipinski definition) is 7. The molecular weight excluding hydrogens is 363 g/mol. The van der Waals surface area contributed by atoms with E-state index in [2.05, 4.69) is 30.5 Å². The van der Waals surface area contributed by atoms with Crippen LogP contribution in [0.2, 0.25) is 0 Å². The number of hydrogen-bond donors (Lipinski definition) is 1. The van der Waals surface area contributed by atoms with Crippen molar-refractivity contribution in [1.82, 2.24) is 29.7 Å². The Kier molecular flexibility index (Phi) is 3.98. The van der Waals surface area contributed by atoms with E-state index < -0.39 is 17.9 Å². The molecule has 1 atom stereocenters. The lowest BCUT2D eigenvalue weighted by Crippen LogP contribution is -2.16. The number of rotatable bonds is 4. The maximum atomic E-state index is 13.1. The zero-order chi connectivity index (χ0) is 19.0. The lowest BCUT2D eigenvalue weighted by molar-refractivity contribution is -0.141. The van der Waals surface area contributed by atoms with Crippen molar-refractivity contribution in [2.75, 3.05) is 5.32 Å². The Balaban J connectivity index is 1.64. The van der Waals surface area contributed by atoms with Crippen LogP contribution >= 0.6 is 0 Å². The molecule has 0 radical (unpaired) electrons. The van der Waals surface area contributed by atoms with Gasteiger partial charge in [-0.1, -0.05) is 23.4 Å². The van der Waals surface area contributed by atoms with Gasteiger partial charge in [0, 0.05) is 11.6 Å². The van der Waals surface area contributed by atoms with Crippen LogP contribution in [0.1, 0.15) is 24.5 Å². The van der Waals surface area contributed by atoms with Crippen molar-refractivity contribution < 1.29 is 17.7 Å². The summed E-state index contributed by atoms with van der Waals surface area (Å²) in [5.74, 6) is 0.490. The predicted molar refractivity (Wildman–Crippen MR) is 87.6 cm³/mol. The zero-order valence-corrected chi connectivity index (χ0v) is 13.8. The Labute approximate surface area is 150 Å². The molecule has 4 rings (SSSR count). The molecule has 1 unspecified atom stereocenters. The molecule has 11 heteroatoms. The Morgan fingerprint density at radius 2 is 1.93 bits per heavy atom. The first-order chi connectivity index (χ1) is 12.9. The molecule has 138 valence electrons. The highest BCUT2D eigenvalue weighted by Crippen LogP contribution is 2.30. The highest BCUT2D eigenvalue weighted by Gasteiger charge is 2.34. The number of benzene rings is 1. The van der Waals surface area contributed by atoms with Gasteiger partial charge >= 0.3 is 6.18 Å². The van der Waals surface area contributed by atoms with E-state index in [0.29, 0.717) is 5.89 Å². The fourth-order valence-electron chi connectivity index (χ4n) is 2.46. The molecule has 3 aromatic heterocycles. The zero-order valence-electron chi connectivity index (χ0n) is 13.8. The third kappa shape index (κ3) is 3.30. The fourth-order valence-corrected chi connectivity index (χ4v) is 2.46. The number of nitrogens with one attached hydrogen (secondary N) is 1. The van der Waals surface area contributed by atoms with Crippen molar-refractivity contribution in [1.29, 1.82) is 0 Å². The lowest BCUT2D eigenvalue weighted by Gasteiger charge is -2.14. The van der Waals surface area contributed by atoms with E-state index in [1.54, 1.807) is 6.92 Å². The molecule has 27 heavy (non-hydrogen) atoms. The number of halogens is 3. The van der Waals surface area contributed by atoms with Crippen molar-refractivity contribution >= 4 is 11.6 Å². The maximum absolute atomic E-state index is 13.1. The summed E-state index contributed by atoms with van der Waals surface area (Å²) in [6, 6.07) is 9.45.